The topological polar surface area (TPSA) is 69.8 Å². The Bertz CT molecular complexity index is 2200. The highest BCUT2D eigenvalue weighted by atomic mass is 32.2. The van der Waals surface area contributed by atoms with Crippen LogP contribution in [-0.2, 0) is 20.9 Å². The molecule has 0 unspecified atom stereocenters. The molecule has 0 spiro atoms. The number of rotatable bonds is 14. The largest absolute Gasteiger partial charge is 0.457 e. The van der Waals surface area contributed by atoms with Crippen molar-refractivity contribution in [2.75, 3.05) is 23.7 Å². The maximum absolute atomic E-state index is 12.2. The Labute approximate surface area is 372 Å². The summed E-state index contributed by atoms with van der Waals surface area (Å²) in [7, 11) is -4.35. The van der Waals surface area contributed by atoms with Crippen LogP contribution >= 0.6 is 37.9 Å². The van der Waals surface area contributed by atoms with Gasteiger partial charge in [-0.05, 0) is 142 Å². The molecular weight excluding hydrogens is 809 g/mol. The standard InChI is InChI=1S/C45H54N2O4S4.2C2H6/c1-6-7-8-26-46-39-22-20-35(54)29-37(39)44(2,3)41(46)24-14-31-12-11-13-32(43(31)51-33-16-18-34(53)19-17-33)15-25-42-45(4,5)38-30-36(55(48,49)50)21-23-40(38)47(42)27-9-10-28-52;2*1-2/h14-25,29-30H,6-13,26-28H2,1-5H3,(H3-,48,49,50,52,53,54);2*1-2H3/p+1. The molecule has 0 saturated carbocycles. The number of hydrogen-bond donors (Lipinski definition) is 4. The lowest BCUT2D eigenvalue weighted by atomic mass is 9.81. The van der Waals surface area contributed by atoms with Crippen LogP contribution in [0.1, 0.15) is 125 Å². The zero-order chi connectivity index (χ0) is 43.5. The van der Waals surface area contributed by atoms with E-state index in [0.717, 1.165) is 107 Å². The number of benzene rings is 3. The van der Waals surface area contributed by atoms with Gasteiger partial charge in [0.05, 0.1) is 10.3 Å². The molecule has 59 heavy (non-hydrogen) atoms. The van der Waals surface area contributed by atoms with Gasteiger partial charge in [-0.25, -0.2) is 0 Å². The van der Waals surface area contributed by atoms with E-state index in [4.69, 9.17) is 17.4 Å². The Kier molecular flexibility index (Phi) is 17.7. The Hall–Kier alpha value is -3.15. The molecule has 6 nitrogen and oxygen atoms in total. The number of fused-ring (bicyclic) bond motifs is 2. The molecule has 320 valence electrons. The maximum atomic E-state index is 12.2. The summed E-state index contributed by atoms with van der Waals surface area (Å²) < 4.78 is 43.6. The molecule has 1 aliphatic carbocycles. The number of allylic oxidation sites excluding steroid dienone is 7. The van der Waals surface area contributed by atoms with Gasteiger partial charge in [-0.3, -0.25) is 4.55 Å². The molecule has 0 fully saturated rings. The Morgan fingerprint density at radius 1 is 0.814 bits per heavy atom. The quantitative estimate of drug-likeness (QED) is 0.0562. The Balaban J connectivity index is 0.00000186. The highest BCUT2D eigenvalue weighted by Gasteiger charge is 2.44. The van der Waals surface area contributed by atoms with Crippen molar-refractivity contribution in [3.8, 4) is 5.75 Å². The molecule has 0 radical (unpaired) electrons. The Morgan fingerprint density at radius 3 is 2.17 bits per heavy atom. The van der Waals surface area contributed by atoms with Crippen molar-refractivity contribution >= 4 is 65.1 Å². The highest BCUT2D eigenvalue weighted by molar-refractivity contribution is 7.85. The number of unbranched alkanes of at least 4 members (excludes halogenated alkanes) is 3. The number of thiol groups is 3. The van der Waals surface area contributed by atoms with Gasteiger partial charge in [-0.2, -0.15) is 25.6 Å². The molecule has 0 saturated heterocycles. The fraction of sp³-hybridized carbons (Fsp3) is 0.449. The van der Waals surface area contributed by atoms with Crippen molar-refractivity contribution in [1.29, 1.82) is 0 Å². The normalized spacial score (nSPS) is 18.2. The summed E-state index contributed by atoms with van der Waals surface area (Å²) in [6.07, 6.45) is 17.0. The molecule has 6 rings (SSSR count). The molecular formula is C49H67N2O4S4+. The second-order valence-corrected chi connectivity index (χ2v) is 18.7. The van der Waals surface area contributed by atoms with E-state index in [9.17, 15) is 13.0 Å². The minimum absolute atomic E-state index is 0.0924. The van der Waals surface area contributed by atoms with Crippen molar-refractivity contribution in [3.05, 3.63) is 119 Å². The number of anilines is 1. The van der Waals surface area contributed by atoms with Gasteiger partial charge < -0.3 is 9.64 Å². The summed E-state index contributed by atoms with van der Waals surface area (Å²) in [5, 5.41) is 0. The average Bonchev–Trinajstić information content (AvgIpc) is 3.56. The third-order valence-corrected chi connectivity index (χ3v) is 13.0. The summed E-state index contributed by atoms with van der Waals surface area (Å²) in [5.41, 5.74) is 8.25. The van der Waals surface area contributed by atoms with Crippen LogP contribution in [0.3, 0.4) is 0 Å². The first-order valence-corrected chi connectivity index (χ1v) is 24.4. The summed E-state index contributed by atoms with van der Waals surface area (Å²) in [5.74, 6) is 2.40. The first kappa shape index (κ1) is 48.5. The van der Waals surface area contributed by atoms with Crippen molar-refractivity contribution in [3.63, 3.8) is 0 Å². The van der Waals surface area contributed by atoms with Crippen molar-refractivity contribution in [2.24, 2.45) is 0 Å². The molecule has 10 heteroatoms. The van der Waals surface area contributed by atoms with Gasteiger partial charge in [0.15, 0.2) is 5.71 Å². The van der Waals surface area contributed by atoms with Gasteiger partial charge in [0, 0.05) is 57.3 Å². The molecule has 0 atom stereocenters. The number of ether oxygens (including phenoxy) is 1. The second kappa shape index (κ2) is 21.6. The zero-order valence-electron chi connectivity index (χ0n) is 36.7. The summed E-state index contributed by atoms with van der Waals surface area (Å²) in [6, 6.07) is 19.3. The number of nitrogens with zero attached hydrogens (tertiary/aromatic N) is 2. The molecule has 0 bridgehead atoms. The van der Waals surface area contributed by atoms with Crippen LogP contribution in [0.15, 0.2) is 122 Å². The van der Waals surface area contributed by atoms with Crippen LogP contribution in [0, 0.1) is 0 Å². The zero-order valence-corrected chi connectivity index (χ0v) is 40.2. The first-order valence-electron chi connectivity index (χ1n) is 21.5. The second-order valence-electron chi connectivity index (χ2n) is 15.8. The monoisotopic (exact) mass is 875 g/mol. The lowest BCUT2D eigenvalue weighted by Gasteiger charge is -2.27. The van der Waals surface area contributed by atoms with E-state index in [1.54, 1.807) is 6.07 Å². The minimum Gasteiger partial charge on any atom is -0.457 e. The number of hydrogen-bond acceptors (Lipinski definition) is 7. The van der Waals surface area contributed by atoms with Gasteiger partial charge in [-0.15, -0.1) is 25.3 Å². The van der Waals surface area contributed by atoms with E-state index in [1.807, 2.05) is 58.0 Å². The van der Waals surface area contributed by atoms with E-state index < -0.39 is 15.5 Å². The van der Waals surface area contributed by atoms with Gasteiger partial charge in [0.25, 0.3) is 10.1 Å². The third kappa shape index (κ3) is 11.2. The van der Waals surface area contributed by atoms with Crippen LogP contribution in [0.4, 0.5) is 11.4 Å². The smallest absolute Gasteiger partial charge is 0.294 e. The average molecular weight is 876 g/mol. The van der Waals surface area contributed by atoms with Crippen molar-refractivity contribution in [1.82, 2.24) is 0 Å². The van der Waals surface area contributed by atoms with Gasteiger partial charge >= 0.3 is 0 Å². The molecule has 0 aromatic heterocycles. The fourth-order valence-corrected chi connectivity index (χ4v) is 9.29. The van der Waals surface area contributed by atoms with Crippen LogP contribution in [0.2, 0.25) is 0 Å². The van der Waals surface area contributed by atoms with Crippen LogP contribution in [0.5, 0.6) is 5.75 Å². The molecule has 2 aliphatic heterocycles. The minimum atomic E-state index is -4.35. The van der Waals surface area contributed by atoms with E-state index >= 15 is 0 Å². The summed E-state index contributed by atoms with van der Waals surface area (Å²) >= 11 is 13.7. The predicted molar refractivity (Wildman–Crippen MR) is 259 cm³/mol. The molecule has 3 aliphatic rings. The molecule has 3 aromatic carbocycles. The lowest BCUT2D eigenvalue weighted by Crippen LogP contribution is -2.28. The lowest BCUT2D eigenvalue weighted by molar-refractivity contribution is -0.438. The molecule has 1 N–H and O–H groups in total. The van der Waals surface area contributed by atoms with Gasteiger partial charge in [0.1, 0.15) is 18.1 Å². The predicted octanol–water partition coefficient (Wildman–Crippen LogP) is 13.5. The highest BCUT2D eigenvalue weighted by Crippen LogP contribution is 2.49. The first-order chi connectivity index (χ1) is 28.2. The van der Waals surface area contributed by atoms with Crippen LogP contribution in [-0.4, -0.2) is 42.1 Å². The van der Waals surface area contributed by atoms with Crippen molar-refractivity contribution < 1.29 is 22.3 Å². The third-order valence-electron chi connectivity index (χ3n) is 11.2. The molecule has 3 aromatic rings. The SMILES string of the molecule is CC.CC.CCCCC[N+]1=C(/C=C/C2=C(Oc3ccc(S)cc3)C(=C/C=C3/N(CCCCS)c4ccc(S(=O)(=O)O)cc4C3(C)C)/CCC2)C(C)(C)c2cc(S)ccc21. The van der Waals surface area contributed by atoms with Gasteiger partial charge in [-0.1, -0.05) is 61.0 Å². The van der Waals surface area contributed by atoms with E-state index in [0.29, 0.717) is 0 Å². The molecule has 2 heterocycles. The van der Waals surface area contributed by atoms with E-state index in [1.165, 1.54) is 35.9 Å². The molecule has 0 amide bonds. The van der Waals surface area contributed by atoms with E-state index in [2.05, 4.69) is 112 Å². The summed E-state index contributed by atoms with van der Waals surface area (Å²) in [4.78, 5) is 4.05. The van der Waals surface area contributed by atoms with Crippen molar-refractivity contribution in [2.45, 2.75) is 139 Å². The van der Waals surface area contributed by atoms with E-state index in [-0.39, 0.29) is 10.3 Å². The van der Waals surface area contributed by atoms with Gasteiger partial charge in [0.2, 0.25) is 5.69 Å². The van der Waals surface area contributed by atoms with Crippen LogP contribution < -0.4 is 9.64 Å². The van der Waals surface area contributed by atoms with Crippen LogP contribution in [0.25, 0.3) is 0 Å². The Morgan fingerprint density at radius 2 is 1.51 bits per heavy atom. The maximum Gasteiger partial charge on any atom is 0.294 e. The fourth-order valence-electron chi connectivity index (χ4n) is 8.20. The summed E-state index contributed by atoms with van der Waals surface area (Å²) in [6.45, 7) is 20.8.